The molecule has 182 valence electrons. The fourth-order valence-electron chi connectivity index (χ4n) is 2.97. The number of carbonyl (C=O) groups excluding carboxylic acids is 5. The number of benzene rings is 2. The van der Waals surface area contributed by atoms with E-state index < -0.39 is 35.1 Å². The van der Waals surface area contributed by atoms with Crippen LogP contribution in [0.2, 0.25) is 0 Å². The Kier molecular flexibility index (Phi) is 7.28. The Morgan fingerprint density at radius 1 is 1.09 bits per heavy atom. The minimum Gasteiger partial charge on any atom is -0.497 e. The van der Waals surface area contributed by atoms with Gasteiger partial charge < -0.3 is 10.1 Å². The van der Waals surface area contributed by atoms with Crippen molar-refractivity contribution in [3.63, 3.8) is 0 Å². The van der Waals surface area contributed by atoms with Gasteiger partial charge >= 0.3 is 6.03 Å². The smallest absolute Gasteiger partial charge is 0.335 e. The van der Waals surface area contributed by atoms with Crippen molar-refractivity contribution >= 4 is 47.2 Å². The third-order valence-corrected chi connectivity index (χ3v) is 4.99. The van der Waals surface area contributed by atoms with E-state index in [1.165, 1.54) is 31.4 Å². The Balaban J connectivity index is 1.67. The zero-order valence-electron chi connectivity index (χ0n) is 19.6. The van der Waals surface area contributed by atoms with Crippen LogP contribution in [0.1, 0.15) is 31.1 Å². The fraction of sp³-hybridized carbons (Fsp3) is 0.250. The molecule has 3 N–H and O–H groups in total. The summed E-state index contributed by atoms with van der Waals surface area (Å²) >= 11 is 0. The highest BCUT2D eigenvalue weighted by atomic mass is 16.5. The summed E-state index contributed by atoms with van der Waals surface area (Å²) < 4.78 is 5.11. The number of nitrogens with zero attached hydrogens (tertiary/aromatic N) is 2. The second kappa shape index (κ2) is 10.2. The average Bonchev–Trinajstić information content (AvgIpc) is 2.81. The van der Waals surface area contributed by atoms with Crippen LogP contribution in [-0.2, 0) is 14.4 Å². The van der Waals surface area contributed by atoms with Crippen molar-refractivity contribution in [2.75, 3.05) is 17.3 Å². The summed E-state index contributed by atoms with van der Waals surface area (Å²) in [5, 5.41) is 8.57. The van der Waals surface area contributed by atoms with Crippen molar-refractivity contribution in [2.24, 2.45) is 16.4 Å². The normalized spacial score (nSPS) is 16.2. The van der Waals surface area contributed by atoms with Gasteiger partial charge in [-0.25, -0.2) is 15.1 Å². The molecule has 0 spiro atoms. The number of amides is 6. The van der Waals surface area contributed by atoms with Crippen molar-refractivity contribution in [3.05, 3.63) is 54.1 Å². The van der Waals surface area contributed by atoms with Gasteiger partial charge in [0, 0.05) is 28.9 Å². The molecule has 1 saturated heterocycles. The molecule has 0 unspecified atom stereocenters. The van der Waals surface area contributed by atoms with Gasteiger partial charge in [-0.3, -0.25) is 24.5 Å². The molecule has 1 fully saturated rings. The second-order valence-electron chi connectivity index (χ2n) is 8.65. The van der Waals surface area contributed by atoms with Crippen LogP contribution >= 0.6 is 0 Å². The molecule has 35 heavy (non-hydrogen) atoms. The van der Waals surface area contributed by atoms with Crippen LogP contribution in [0.15, 0.2) is 53.6 Å². The molecule has 2 aromatic carbocycles. The summed E-state index contributed by atoms with van der Waals surface area (Å²) in [6.45, 7) is 5.35. The van der Waals surface area contributed by atoms with Gasteiger partial charge in [0.25, 0.3) is 11.8 Å². The van der Waals surface area contributed by atoms with Gasteiger partial charge in [0.05, 0.1) is 12.8 Å². The Bertz CT molecular complexity index is 1200. The highest BCUT2D eigenvalue weighted by Crippen LogP contribution is 2.24. The maximum atomic E-state index is 12.9. The lowest BCUT2D eigenvalue weighted by Crippen LogP contribution is -2.58. The molecule has 0 saturated carbocycles. The van der Waals surface area contributed by atoms with Crippen LogP contribution in [0.4, 0.5) is 16.2 Å². The molecule has 11 nitrogen and oxygen atoms in total. The van der Waals surface area contributed by atoms with E-state index in [9.17, 15) is 24.0 Å². The first kappa shape index (κ1) is 25.1. The van der Waals surface area contributed by atoms with E-state index in [0.29, 0.717) is 11.4 Å². The van der Waals surface area contributed by atoms with Crippen LogP contribution < -0.4 is 25.7 Å². The van der Waals surface area contributed by atoms with E-state index >= 15 is 0 Å². The number of carbonyl (C=O) groups is 5. The van der Waals surface area contributed by atoms with E-state index in [4.69, 9.17) is 4.74 Å². The summed E-state index contributed by atoms with van der Waals surface area (Å²) in [5.74, 6) is -3.48. The zero-order valence-corrected chi connectivity index (χ0v) is 19.6. The molecule has 1 aliphatic heterocycles. The monoisotopic (exact) mass is 479 g/mol. The van der Waals surface area contributed by atoms with Crippen molar-refractivity contribution in [1.82, 2.24) is 10.7 Å². The number of hydrogen-bond donors (Lipinski definition) is 3. The van der Waals surface area contributed by atoms with E-state index in [1.54, 1.807) is 45.0 Å². The maximum absolute atomic E-state index is 12.9. The lowest BCUT2D eigenvalue weighted by atomic mass is 9.95. The molecule has 0 aromatic heterocycles. The highest BCUT2D eigenvalue weighted by Gasteiger charge is 2.40. The molecule has 1 atom stereocenters. The molecule has 0 aliphatic carbocycles. The number of nitrogens with one attached hydrogen (secondary N) is 3. The number of hydrazone groups is 1. The van der Waals surface area contributed by atoms with Crippen molar-refractivity contribution in [2.45, 2.75) is 20.8 Å². The molecule has 6 amide bonds. The molecule has 2 aromatic rings. The molecule has 1 aliphatic rings. The second-order valence-corrected chi connectivity index (χ2v) is 8.65. The minimum atomic E-state index is -1.44. The number of imide groups is 2. The predicted molar refractivity (Wildman–Crippen MR) is 128 cm³/mol. The quantitative estimate of drug-likeness (QED) is 0.329. The number of rotatable bonds is 6. The van der Waals surface area contributed by atoms with E-state index in [2.05, 4.69) is 21.2 Å². The number of hydrogen-bond acceptors (Lipinski definition) is 7. The van der Waals surface area contributed by atoms with E-state index in [-0.39, 0.29) is 17.2 Å². The third-order valence-electron chi connectivity index (χ3n) is 4.99. The lowest BCUT2D eigenvalue weighted by Gasteiger charge is -2.28. The SMILES string of the molecule is COc1cccc(N2C(=O)NC(=O)[C@H](/C=N\NC(=O)c3ccc(NC(=O)C(C)(C)C)cc3)C2=O)c1. The van der Waals surface area contributed by atoms with Gasteiger partial charge in [-0.05, 0) is 36.4 Å². The van der Waals surface area contributed by atoms with Crippen LogP contribution in [0.3, 0.4) is 0 Å². The average molecular weight is 479 g/mol. The van der Waals surface area contributed by atoms with E-state index in [0.717, 1.165) is 11.1 Å². The Hall–Kier alpha value is -4.54. The topological polar surface area (TPSA) is 146 Å². The number of urea groups is 1. The first-order chi connectivity index (χ1) is 16.5. The maximum Gasteiger partial charge on any atom is 0.335 e. The number of barbiturate groups is 1. The highest BCUT2D eigenvalue weighted by molar-refractivity contribution is 6.32. The lowest BCUT2D eigenvalue weighted by molar-refractivity contribution is -0.131. The van der Waals surface area contributed by atoms with Crippen LogP contribution in [0.25, 0.3) is 0 Å². The molecular formula is C24H25N5O6. The largest absolute Gasteiger partial charge is 0.497 e. The van der Waals surface area contributed by atoms with Gasteiger partial charge in [0.15, 0.2) is 5.92 Å². The van der Waals surface area contributed by atoms with Gasteiger partial charge in [-0.15, -0.1) is 0 Å². The summed E-state index contributed by atoms with van der Waals surface area (Å²) in [5.41, 5.74) is 2.65. The van der Waals surface area contributed by atoms with Gasteiger partial charge in [0.2, 0.25) is 11.8 Å². The Labute approximate surface area is 201 Å². The Morgan fingerprint density at radius 2 is 1.77 bits per heavy atom. The first-order valence-corrected chi connectivity index (χ1v) is 10.6. The first-order valence-electron chi connectivity index (χ1n) is 10.6. The van der Waals surface area contributed by atoms with Gasteiger partial charge in [0.1, 0.15) is 5.75 Å². The molecule has 1 heterocycles. The van der Waals surface area contributed by atoms with E-state index in [1.807, 2.05) is 0 Å². The van der Waals surface area contributed by atoms with Crippen molar-refractivity contribution in [3.8, 4) is 5.75 Å². The van der Waals surface area contributed by atoms with Crippen molar-refractivity contribution < 1.29 is 28.7 Å². The van der Waals surface area contributed by atoms with Gasteiger partial charge in [-0.1, -0.05) is 26.8 Å². The third kappa shape index (κ3) is 5.88. The summed E-state index contributed by atoms with van der Waals surface area (Å²) in [7, 11) is 1.44. The number of ether oxygens (including phenoxy) is 1. The van der Waals surface area contributed by atoms with Crippen LogP contribution in [0.5, 0.6) is 5.75 Å². The Morgan fingerprint density at radius 3 is 2.40 bits per heavy atom. The summed E-state index contributed by atoms with van der Waals surface area (Å²) in [4.78, 5) is 62.6. The molecular weight excluding hydrogens is 454 g/mol. The number of anilines is 2. The predicted octanol–water partition coefficient (Wildman–Crippen LogP) is 2.29. The fourth-order valence-corrected chi connectivity index (χ4v) is 2.97. The van der Waals surface area contributed by atoms with Gasteiger partial charge in [-0.2, -0.15) is 5.10 Å². The van der Waals surface area contributed by atoms with Crippen molar-refractivity contribution in [1.29, 1.82) is 0 Å². The van der Waals surface area contributed by atoms with Crippen LogP contribution in [-0.4, -0.2) is 43.0 Å². The summed E-state index contributed by atoms with van der Waals surface area (Å²) in [6, 6.07) is 11.4. The zero-order chi connectivity index (χ0) is 25.8. The summed E-state index contributed by atoms with van der Waals surface area (Å²) in [6.07, 6.45) is 0.951. The molecule has 11 heteroatoms. The number of methoxy groups -OCH3 is 1. The molecule has 0 bridgehead atoms. The van der Waals surface area contributed by atoms with Crippen LogP contribution in [0, 0.1) is 11.3 Å². The molecule has 0 radical (unpaired) electrons. The standard InChI is InChI=1S/C24H25N5O6/c1-24(2,3)22(33)26-15-10-8-14(9-11-15)19(30)28-25-13-18-20(31)27-23(34)29(21(18)32)16-6-5-7-17(12-16)35-4/h5-13,18H,1-4H3,(H,26,33)(H,28,30)(H,27,31,34)/b25-13-/t18-/m0/s1. The minimum absolute atomic E-state index is 0.170. The molecule has 3 rings (SSSR count).